The second kappa shape index (κ2) is 8.27. The van der Waals surface area contributed by atoms with Gasteiger partial charge >= 0.3 is 5.97 Å². The van der Waals surface area contributed by atoms with E-state index in [4.69, 9.17) is 4.74 Å². The minimum absolute atomic E-state index is 0.214. The number of carbonyl (C=O) groups is 2. The molecule has 1 heterocycles. The number of carboxylic acid groups (broad SMARTS) is 1. The number of benzene rings is 2. The molecular formula is C20H21NO4S. The summed E-state index contributed by atoms with van der Waals surface area (Å²) in [7, 11) is 0. The molecule has 3 rings (SSSR count). The van der Waals surface area contributed by atoms with Crippen LogP contribution in [-0.4, -0.2) is 29.3 Å². The van der Waals surface area contributed by atoms with Gasteiger partial charge in [0.15, 0.2) is 6.04 Å². The lowest BCUT2D eigenvalue weighted by molar-refractivity contribution is -0.141. The first-order valence-corrected chi connectivity index (χ1v) is 9.59. The number of fused-ring (bicyclic) bond motifs is 1. The average molecular weight is 371 g/mol. The van der Waals surface area contributed by atoms with Gasteiger partial charge in [0.1, 0.15) is 5.75 Å². The van der Waals surface area contributed by atoms with Crippen LogP contribution >= 0.6 is 11.8 Å². The number of thioether (sulfide) groups is 1. The van der Waals surface area contributed by atoms with E-state index < -0.39 is 12.0 Å². The number of aryl methyl sites for hydroxylation is 1. The molecule has 0 spiro atoms. The molecule has 5 nitrogen and oxygen atoms in total. The molecule has 1 unspecified atom stereocenters. The van der Waals surface area contributed by atoms with Gasteiger partial charge in [0.25, 0.3) is 0 Å². The maximum absolute atomic E-state index is 12.2. The van der Waals surface area contributed by atoms with Crippen LogP contribution in [0.15, 0.2) is 42.5 Å². The van der Waals surface area contributed by atoms with Gasteiger partial charge < -0.3 is 15.2 Å². The normalized spacial score (nSPS) is 13.6. The Labute approximate surface area is 156 Å². The lowest BCUT2D eigenvalue weighted by Crippen LogP contribution is -2.34. The van der Waals surface area contributed by atoms with Crippen molar-refractivity contribution in [1.82, 2.24) is 5.32 Å². The number of hydrogen-bond acceptors (Lipinski definition) is 4. The number of aliphatic carboxylic acids is 1. The number of amides is 1. The van der Waals surface area contributed by atoms with Crippen LogP contribution < -0.4 is 10.1 Å². The van der Waals surface area contributed by atoms with Crippen LogP contribution in [0.1, 0.15) is 28.3 Å². The van der Waals surface area contributed by atoms with E-state index in [2.05, 4.69) is 11.4 Å². The smallest absolute Gasteiger partial charge is 0.330 e. The fraction of sp³-hybridized carbons (Fsp3) is 0.300. The summed E-state index contributed by atoms with van der Waals surface area (Å²) in [6.45, 7) is 2.64. The average Bonchev–Trinajstić information content (AvgIpc) is 3.07. The summed E-state index contributed by atoms with van der Waals surface area (Å²) in [6.07, 6.45) is 0.760. The summed E-state index contributed by atoms with van der Waals surface area (Å²) in [5.41, 5.74) is 3.88. The van der Waals surface area contributed by atoms with E-state index in [9.17, 15) is 14.7 Å². The van der Waals surface area contributed by atoms with E-state index in [-0.39, 0.29) is 11.7 Å². The Hall–Kier alpha value is -2.47. The van der Waals surface area contributed by atoms with Crippen LogP contribution in [0, 0.1) is 6.92 Å². The minimum Gasteiger partial charge on any atom is -0.493 e. The van der Waals surface area contributed by atoms with Crippen LogP contribution in [0.2, 0.25) is 0 Å². The van der Waals surface area contributed by atoms with Crippen molar-refractivity contribution in [2.75, 3.05) is 12.4 Å². The number of nitrogens with one attached hydrogen (secondary N) is 1. The van der Waals surface area contributed by atoms with Crippen molar-refractivity contribution < 1.29 is 19.4 Å². The minimum atomic E-state index is -1.07. The van der Waals surface area contributed by atoms with Crippen molar-refractivity contribution in [3.8, 4) is 5.75 Å². The lowest BCUT2D eigenvalue weighted by atomic mass is 10.0. The van der Waals surface area contributed by atoms with Gasteiger partial charge in [-0.3, -0.25) is 4.79 Å². The number of ether oxygens (including phenoxy) is 1. The molecule has 0 fully saturated rings. The Bertz CT molecular complexity index is 821. The SMILES string of the molecule is Cc1cccc(CSCC(=O)NC(C(=O)O)c2ccc3c(c2)CCO3)c1. The first-order chi connectivity index (χ1) is 12.5. The van der Waals surface area contributed by atoms with E-state index >= 15 is 0 Å². The van der Waals surface area contributed by atoms with Crippen molar-refractivity contribution in [2.45, 2.75) is 25.1 Å². The van der Waals surface area contributed by atoms with E-state index in [1.54, 1.807) is 18.2 Å². The van der Waals surface area contributed by atoms with Gasteiger partial charge in [-0.05, 0) is 35.7 Å². The number of rotatable bonds is 7. The number of carbonyl (C=O) groups excluding carboxylic acids is 1. The molecular weight excluding hydrogens is 350 g/mol. The summed E-state index contributed by atoms with van der Waals surface area (Å²) < 4.78 is 5.44. The number of carboxylic acids is 1. The maximum atomic E-state index is 12.2. The standard InChI is InChI=1S/C20H21NO4S/c1-13-3-2-4-14(9-13)11-26-12-18(22)21-19(20(23)24)16-5-6-17-15(10-16)7-8-25-17/h2-6,9-10,19H,7-8,11-12H2,1H3,(H,21,22)(H,23,24). The Balaban J connectivity index is 1.57. The molecule has 0 aliphatic carbocycles. The van der Waals surface area contributed by atoms with Gasteiger partial charge in [-0.25, -0.2) is 4.79 Å². The van der Waals surface area contributed by atoms with Crippen molar-refractivity contribution >= 4 is 23.6 Å². The summed E-state index contributed by atoms with van der Waals surface area (Å²) in [5, 5.41) is 12.1. The van der Waals surface area contributed by atoms with E-state index in [1.807, 2.05) is 25.1 Å². The molecule has 2 aromatic carbocycles. The molecule has 136 valence electrons. The van der Waals surface area contributed by atoms with Crippen LogP contribution in [0.4, 0.5) is 0 Å². The fourth-order valence-corrected chi connectivity index (χ4v) is 3.73. The first-order valence-electron chi connectivity index (χ1n) is 8.44. The second-order valence-electron chi connectivity index (χ2n) is 6.29. The van der Waals surface area contributed by atoms with Crippen molar-refractivity contribution in [1.29, 1.82) is 0 Å². The summed E-state index contributed by atoms with van der Waals surface area (Å²) in [5.74, 6) is 0.361. The molecule has 0 radical (unpaired) electrons. The Morgan fingerprint density at radius 3 is 2.88 bits per heavy atom. The molecule has 2 aromatic rings. The van der Waals surface area contributed by atoms with Gasteiger partial charge in [0.05, 0.1) is 12.4 Å². The Morgan fingerprint density at radius 2 is 2.12 bits per heavy atom. The molecule has 2 N–H and O–H groups in total. The maximum Gasteiger partial charge on any atom is 0.330 e. The molecule has 0 bridgehead atoms. The van der Waals surface area contributed by atoms with Crippen molar-refractivity contribution in [2.24, 2.45) is 0 Å². The third-order valence-corrected chi connectivity index (χ3v) is 5.19. The summed E-state index contributed by atoms with van der Waals surface area (Å²) >= 11 is 1.47. The summed E-state index contributed by atoms with van der Waals surface area (Å²) in [6, 6.07) is 12.3. The van der Waals surface area contributed by atoms with Crippen LogP contribution in [0.25, 0.3) is 0 Å². The molecule has 0 saturated heterocycles. The van der Waals surface area contributed by atoms with Gasteiger partial charge in [-0.15, -0.1) is 11.8 Å². The van der Waals surface area contributed by atoms with E-state index in [0.29, 0.717) is 17.9 Å². The lowest BCUT2D eigenvalue weighted by Gasteiger charge is -2.15. The Kier molecular flexibility index (Phi) is 5.83. The van der Waals surface area contributed by atoms with Crippen LogP contribution in [-0.2, 0) is 21.8 Å². The van der Waals surface area contributed by atoms with Crippen molar-refractivity contribution in [3.05, 3.63) is 64.7 Å². The third-order valence-electron chi connectivity index (χ3n) is 4.18. The first kappa shape index (κ1) is 18.3. The zero-order valence-electron chi connectivity index (χ0n) is 14.5. The highest BCUT2D eigenvalue weighted by Gasteiger charge is 2.24. The van der Waals surface area contributed by atoms with Crippen LogP contribution in [0.3, 0.4) is 0 Å². The van der Waals surface area contributed by atoms with Gasteiger partial charge in [0, 0.05) is 12.2 Å². The van der Waals surface area contributed by atoms with Gasteiger partial charge in [0.2, 0.25) is 5.91 Å². The molecule has 0 aromatic heterocycles. The molecule has 1 atom stereocenters. The van der Waals surface area contributed by atoms with Gasteiger partial charge in [-0.2, -0.15) is 0 Å². The highest BCUT2D eigenvalue weighted by atomic mass is 32.2. The highest BCUT2D eigenvalue weighted by Crippen LogP contribution is 2.28. The predicted octanol–water partition coefficient (Wildman–Crippen LogP) is 3.11. The van der Waals surface area contributed by atoms with Crippen LogP contribution in [0.5, 0.6) is 5.75 Å². The predicted molar refractivity (Wildman–Crippen MR) is 102 cm³/mol. The fourth-order valence-electron chi connectivity index (χ4n) is 2.94. The molecule has 26 heavy (non-hydrogen) atoms. The molecule has 6 heteroatoms. The largest absolute Gasteiger partial charge is 0.493 e. The van der Waals surface area contributed by atoms with Crippen molar-refractivity contribution in [3.63, 3.8) is 0 Å². The van der Waals surface area contributed by atoms with Gasteiger partial charge in [-0.1, -0.05) is 35.9 Å². The Morgan fingerprint density at radius 1 is 1.27 bits per heavy atom. The third kappa shape index (κ3) is 4.58. The number of hydrogen-bond donors (Lipinski definition) is 2. The molecule has 1 aliphatic heterocycles. The molecule has 1 amide bonds. The highest BCUT2D eigenvalue weighted by molar-refractivity contribution is 7.99. The summed E-state index contributed by atoms with van der Waals surface area (Å²) in [4.78, 5) is 23.8. The molecule has 0 saturated carbocycles. The zero-order chi connectivity index (χ0) is 18.5. The van der Waals surface area contributed by atoms with E-state index in [1.165, 1.54) is 17.3 Å². The second-order valence-corrected chi connectivity index (χ2v) is 7.27. The monoisotopic (exact) mass is 371 g/mol. The zero-order valence-corrected chi connectivity index (χ0v) is 15.3. The molecule has 1 aliphatic rings. The quantitative estimate of drug-likeness (QED) is 0.782. The van der Waals surface area contributed by atoms with E-state index in [0.717, 1.165) is 23.3 Å². The topological polar surface area (TPSA) is 75.6 Å².